The third-order valence-electron chi connectivity index (χ3n) is 2.59. The summed E-state index contributed by atoms with van der Waals surface area (Å²) in [6, 6.07) is 3.72. The van der Waals surface area contributed by atoms with Gasteiger partial charge >= 0.3 is 0 Å². The topological polar surface area (TPSA) is 62.5 Å². The van der Waals surface area contributed by atoms with Crippen molar-refractivity contribution < 1.29 is 14.3 Å². The van der Waals surface area contributed by atoms with Crippen molar-refractivity contribution in [1.29, 1.82) is 0 Å². The van der Waals surface area contributed by atoms with Gasteiger partial charge in [-0.15, -0.1) is 11.8 Å². The van der Waals surface area contributed by atoms with Crippen molar-refractivity contribution in [2.75, 3.05) is 6.54 Å². The van der Waals surface area contributed by atoms with Crippen LogP contribution in [0.4, 0.5) is 0 Å². The lowest BCUT2D eigenvalue weighted by atomic mass is 9.89. The SMILES string of the molecule is CC(C)(C)C(O)CNC(=O)/C=C/SCc1ccco1. The number of furan rings is 1. The first-order valence-corrected chi connectivity index (χ1v) is 7.21. The second-order valence-corrected chi connectivity index (χ2v) is 6.21. The third-order valence-corrected chi connectivity index (χ3v) is 3.37. The van der Waals surface area contributed by atoms with Crippen molar-refractivity contribution in [2.24, 2.45) is 5.41 Å². The number of rotatable bonds is 6. The van der Waals surface area contributed by atoms with Crippen LogP contribution in [0.1, 0.15) is 26.5 Å². The molecule has 1 unspecified atom stereocenters. The minimum atomic E-state index is -0.555. The highest BCUT2D eigenvalue weighted by Gasteiger charge is 2.21. The van der Waals surface area contributed by atoms with Crippen LogP contribution < -0.4 is 5.32 Å². The van der Waals surface area contributed by atoms with Crippen LogP contribution in [0.5, 0.6) is 0 Å². The summed E-state index contributed by atoms with van der Waals surface area (Å²) < 4.78 is 5.17. The molecule has 1 heterocycles. The molecular weight excluding hydrogens is 262 g/mol. The highest BCUT2D eigenvalue weighted by molar-refractivity contribution is 8.01. The Kier molecular flexibility index (Phi) is 6.18. The first-order valence-electron chi connectivity index (χ1n) is 6.16. The molecule has 106 valence electrons. The fourth-order valence-electron chi connectivity index (χ4n) is 1.20. The summed E-state index contributed by atoms with van der Waals surface area (Å²) in [6.07, 6.45) is 2.53. The Morgan fingerprint density at radius 3 is 2.89 bits per heavy atom. The van der Waals surface area contributed by atoms with E-state index in [4.69, 9.17) is 4.42 Å². The number of carbonyl (C=O) groups excluding carboxylic acids is 1. The van der Waals surface area contributed by atoms with E-state index in [-0.39, 0.29) is 17.9 Å². The second-order valence-electron chi connectivity index (χ2n) is 5.32. The highest BCUT2D eigenvalue weighted by Crippen LogP contribution is 2.18. The van der Waals surface area contributed by atoms with Gasteiger partial charge in [-0.05, 0) is 23.0 Å². The molecule has 0 aromatic carbocycles. The molecule has 1 aromatic rings. The predicted octanol–water partition coefficient (Wildman–Crippen LogP) is 2.55. The molecule has 0 radical (unpaired) electrons. The number of hydrogen-bond acceptors (Lipinski definition) is 4. The Balaban J connectivity index is 2.20. The molecule has 1 aromatic heterocycles. The van der Waals surface area contributed by atoms with Gasteiger partial charge in [0.05, 0.1) is 18.1 Å². The molecule has 0 spiro atoms. The minimum absolute atomic E-state index is 0.199. The van der Waals surface area contributed by atoms with E-state index in [0.717, 1.165) is 5.76 Å². The largest absolute Gasteiger partial charge is 0.468 e. The molecule has 0 saturated carbocycles. The van der Waals surface area contributed by atoms with Gasteiger partial charge in [0.2, 0.25) is 5.91 Å². The Morgan fingerprint density at radius 2 is 2.32 bits per heavy atom. The fraction of sp³-hybridized carbons (Fsp3) is 0.500. The van der Waals surface area contributed by atoms with Gasteiger partial charge in [-0.1, -0.05) is 20.8 Å². The quantitative estimate of drug-likeness (QED) is 0.788. The summed E-state index contributed by atoms with van der Waals surface area (Å²) >= 11 is 1.48. The molecule has 0 aliphatic heterocycles. The van der Waals surface area contributed by atoms with Crippen LogP contribution in [-0.4, -0.2) is 23.7 Å². The standard InChI is InChI=1S/C14H21NO3S/c1-14(2,3)12(16)9-15-13(17)6-8-19-10-11-5-4-7-18-11/h4-8,12,16H,9-10H2,1-3H3,(H,15,17)/b8-6+. The van der Waals surface area contributed by atoms with Crippen molar-refractivity contribution in [2.45, 2.75) is 32.6 Å². The van der Waals surface area contributed by atoms with Crippen molar-refractivity contribution >= 4 is 17.7 Å². The van der Waals surface area contributed by atoms with Crippen LogP contribution in [0.3, 0.4) is 0 Å². The maximum atomic E-state index is 11.5. The summed E-state index contributed by atoms with van der Waals surface area (Å²) in [5.74, 6) is 1.37. The van der Waals surface area contributed by atoms with Gasteiger partial charge in [-0.3, -0.25) is 4.79 Å². The van der Waals surface area contributed by atoms with E-state index >= 15 is 0 Å². The number of hydrogen-bond donors (Lipinski definition) is 2. The number of amides is 1. The molecule has 0 aliphatic carbocycles. The summed E-state index contributed by atoms with van der Waals surface area (Å²) in [7, 11) is 0. The predicted molar refractivity (Wildman–Crippen MR) is 77.6 cm³/mol. The summed E-state index contributed by atoms with van der Waals surface area (Å²) in [5, 5.41) is 14.2. The Labute approximate surface area is 118 Å². The molecule has 0 saturated heterocycles. The van der Waals surface area contributed by atoms with Crippen LogP contribution in [0.15, 0.2) is 34.3 Å². The monoisotopic (exact) mass is 283 g/mol. The second kappa shape index (κ2) is 7.40. The van der Waals surface area contributed by atoms with E-state index in [1.165, 1.54) is 17.8 Å². The fourth-order valence-corrected chi connectivity index (χ4v) is 1.84. The molecule has 1 rings (SSSR count). The lowest BCUT2D eigenvalue weighted by molar-refractivity contribution is -0.117. The zero-order valence-electron chi connectivity index (χ0n) is 11.6. The molecular formula is C14H21NO3S. The van der Waals surface area contributed by atoms with E-state index in [0.29, 0.717) is 5.75 Å². The van der Waals surface area contributed by atoms with E-state index in [1.807, 2.05) is 32.9 Å². The van der Waals surface area contributed by atoms with Gasteiger partial charge in [0, 0.05) is 12.6 Å². The smallest absolute Gasteiger partial charge is 0.244 e. The van der Waals surface area contributed by atoms with Gasteiger partial charge in [0.25, 0.3) is 0 Å². The van der Waals surface area contributed by atoms with Gasteiger partial charge in [0.15, 0.2) is 0 Å². The zero-order valence-corrected chi connectivity index (χ0v) is 12.4. The van der Waals surface area contributed by atoms with Crippen LogP contribution in [0.25, 0.3) is 0 Å². The maximum Gasteiger partial charge on any atom is 0.244 e. The minimum Gasteiger partial charge on any atom is -0.468 e. The van der Waals surface area contributed by atoms with E-state index < -0.39 is 6.10 Å². The average Bonchev–Trinajstić information content (AvgIpc) is 2.83. The van der Waals surface area contributed by atoms with Crippen molar-refractivity contribution in [3.05, 3.63) is 35.6 Å². The lowest BCUT2D eigenvalue weighted by Crippen LogP contribution is -2.38. The van der Waals surface area contributed by atoms with Crippen LogP contribution in [-0.2, 0) is 10.5 Å². The van der Waals surface area contributed by atoms with Crippen molar-refractivity contribution in [1.82, 2.24) is 5.32 Å². The number of aliphatic hydroxyl groups excluding tert-OH is 1. The first-order chi connectivity index (χ1) is 8.89. The van der Waals surface area contributed by atoms with Gasteiger partial charge in [0.1, 0.15) is 5.76 Å². The van der Waals surface area contributed by atoms with Crippen LogP contribution in [0.2, 0.25) is 0 Å². The molecule has 0 fully saturated rings. The molecule has 1 amide bonds. The zero-order chi connectivity index (χ0) is 14.3. The molecule has 19 heavy (non-hydrogen) atoms. The Hall–Kier alpha value is -1.20. The highest BCUT2D eigenvalue weighted by atomic mass is 32.2. The molecule has 1 atom stereocenters. The Bertz CT molecular complexity index is 407. The van der Waals surface area contributed by atoms with Gasteiger partial charge < -0.3 is 14.8 Å². The van der Waals surface area contributed by atoms with Crippen LogP contribution in [0, 0.1) is 5.41 Å². The summed E-state index contributed by atoms with van der Waals surface area (Å²) in [4.78, 5) is 11.5. The maximum absolute atomic E-state index is 11.5. The lowest BCUT2D eigenvalue weighted by Gasteiger charge is -2.25. The first kappa shape index (κ1) is 15.9. The number of carbonyl (C=O) groups is 1. The number of thioether (sulfide) groups is 1. The number of nitrogens with one attached hydrogen (secondary N) is 1. The normalized spacial score (nSPS) is 13.7. The van der Waals surface area contributed by atoms with E-state index in [9.17, 15) is 9.90 Å². The number of aliphatic hydroxyl groups is 1. The van der Waals surface area contributed by atoms with Crippen molar-refractivity contribution in [3.63, 3.8) is 0 Å². The summed E-state index contributed by atoms with van der Waals surface area (Å²) in [5.41, 5.74) is -0.231. The van der Waals surface area contributed by atoms with E-state index in [2.05, 4.69) is 5.32 Å². The van der Waals surface area contributed by atoms with Gasteiger partial charge in [-0.2, -0.15) is 0 Å². The van der Waals surface area contributed by atoms with E-state index in [1.54, 1.807) is 11.7 Å². The molecule has 5 heteroatoms. The third kappa shape index (κ3) is 6.50. The van der Waals surface area contributed by atoms with Gasteiger partial charge in [-0.25, -0.2) is 0 Å². The Morgan fingerprint density at radius 1 is 1.58 bits per heavy atom. The van der Waals surface area contributed by atoms with Crippen molar-refractivity contribution in [3.8, 4) is 0 Å². The molecule has 0 aliphatic rings. The summed E-state index contributed by atoms with van der Waals surface area (Å²) in [6.45, 7) is 6.05. The molecule has 0 bridgehead atoms. The average molecular weight is 283 g/mol. The molecule has 2 N–H and O–H groups in total. The molecule has 4 nitrogen and oxygen atoms in total. The van der Waals surface area contributed by atoms with Crippen LogP contribution >= 0.6 is 11.8 Å².